The van der Waals surface area contributed by atoms with Crippen molar-refractivity contribution in [1.29, 1.82) is 0 Å². The largest absolute Gasteiger partial charge is 0.483 e. The van der Waals surface area contributed by atoms with Crippen molar-refractivity contribution in [2.24, 2.45) is 0 Å². The van der Waals surface area contributed by atoms with Gasteiger partial charge in [-0.05, 0) is 26.0 Å². The van der Waals surface area contributed by atoms with Crippen molar-refractivity contribution in [2.75, 3.05) is 0 Å². The third kappa shape index (κ3) is 3.24. The molecule has 1 atom stereocenters. The van der Waals surface area contributed by atoms with E-state index in [4.69, 9.17) is 9.15 Å². The summed E-state index contributed by atoms with van der Waals surface area (Å²) in [6, 6.07) is 3.99. The lowest BCUT2D eigenvalue weighted by Crippen LogP contribution is -2.20. The predicted octanol–water partition coefficient (Wildman–Crippen LogP) is 3.17. The smallest absolute Gasteiger partial charge is 0.417 e. The SMILES string of the molecule is CC(=O)[C@H](C)Oc1ccc2c(C(F)(F)F)cc(=O)oc2c1. The molecule has 0 aliphatic heterocycles. The van der Waals surface area contributed by atoms with Gasteiger partial charge in [-0.2, -0.15) is 13.2 Å². The zero-order valence-corrected chi connectivity index (χ0v) is 11.2. The van der Waals surface area contributed by atoms with E-state index in [1.807, 2.05) is 0 Å². The highest BCUT2D eigenvalue weighted by Gasteiger charge is 2.33. The minimum Gasteiger partial charge on any atom is -0.483 e. The van der Waals surface area contributed by atoms with Gasteiger partial charge in [0, 0.05) is 17.5 Å². The van der Waals surface area contributed by atoms with Gasteiger partial charge in [-0.15, -0.1) is 0 Å². The summed E-state index contributed by atoms with van der Waals surface area (Å²) >= 11 is 0. The Bertz CT molecular complexity index is 746. The summed E-state index contributed by atoms with van der Waals surface area (Å²) in [7, 11) is 0. The second-order valence-electron chi connectivity index (χ2n) is 4.51. The number of hydrogen-bond donors (Lipinski definition) is 0. The van der Waals surface area contributed by atoms with E-state index in [0.29, 0.717) is 6.07 Å². The fourth-order valence-electron chi connectivity index (χ4n) is 1.74. The van der Waals surface area contributed by atoms with Gasteiger partial charge in [-0.3, -0.25) is 4.79 Å². The fourth-order valence-corrected chi connectivity index (χ4v) is 1.74. The van der Waals surface area contributed by atoms with Crippen LogP contribution < -0.4 is 10.4 Å². The molecule has 0 saturated heterocycles. The molecular formula is C14H11F3O4. The first kappa shape index (κ1) is 15.1. The first-order valence-electron chi connectivity index (χ1n) is 6.00. The molecule has 0 radical (unpaired) electrons. The molecule has 0 aliphatic carbocycles. The highest BCUT2D eigenvalue weighted by atomic mass is 19.4. The quantitative estimate of drug-likeness (QED) is 0.817. The second kappa shape index (κ2) is 5.23. The number of ketones is 1. The van der Waals surface area contributed by atoms with Crippen LogP contribution >= 0.6 is 0 Å². The topological polar surface area (TPSA) is 56.5 Å². The molecule has 0 aliphatic rings. The van der Waals surface area contributed by atoms with Crippen LogP contribution in [0.25, 0.3) is 11.0 Å². The van der Waals surface area contributed by atoms with E-state index in [2.05, 4.69) is 0 Å². The Balaban J connectivity index is 2.54. The van der Waals surface area contributed by atoms with Gasteiger partial charge in [-0.1, -0.05) is 0 Å². The Kier molecular flexibility index (Phi) is 3.76. The number of alkyl halides is 3. The van der Waals surface area contributed by atoms with Crippen molar-refractivity contribution in [2.45, 2.75) is 26.1 Å². The fraction of sp³-hybridized carbons (Fsp3) is 0.286. The number of halogens is 3. The predicted molar refractivity (Wildman–Crippen MR) is 68.3 cm³/mol. The lowest BCUT2D eigenvalue weighted by molar-refractivity contribution is -0.136. The number of hydrogen-bond acceptors (Lipinski definition) is 4. The normalized spacial score (nSPS) is 13.2. The number of rotatable bonds is 3. The highest BCUT2D eigenvalue weighted by Crippen LogP contribution is 2.34. The van der Waals surface area contributed by atoms with Crippen molar-refractivity contribution in [3.8, 4) is 5.75 Å². The van der Waals surface area contributed by atoms with Gasteiger partial charge in [-0.25, -0.2) is 4.79 Å². The summed E-state index contributed by atoms with van der Waals surface area (Å²) in [5.74, 6) is -0.0896. The zero-order chi connectivity index (χ0) is 15.8. The van der Waals surface area contributed by atoms with Crippen molar-refractivity contribution >= 4 is 16.8 Å². The Hall–Kier alpha value is -2.31. The van der Waals surface area contributed by atoms with Crippen molar-refractivity contribution in [3.05, 3.63) is 40.2 Å². The number of carbonyl (C=O) groups is 1. The summed E-state index contributed by atoms with van der Waals surface area (Å²) < 4.78 is 48.6. The molecule has 1 heterocycles. The van der Waals surface area contributed by atoms with Gasteiger partial charge in [0.15, 0.2) is 11.9 Å². The molecule has 0 spiro atoms. The maximum atomic E-state index is 12.9. The van der Waals surface area contributed by atoms with Crippen LogP contribution in [0.1, 0.15) is 19.4 Å². The van der Waals surface area contributed by atoms with E-state index in [0.717, 1.165) is 12.1 Å². The minimum atomic E-state index is -4.66. The van der Waals surface area contributed by atoms with Crippen LogP contribution in [0.15, 0.2) is 33.5 Å². The van der Waals surface area contributed by atoms with Crippen LogP contribution in [0.4, 0.5) is 13.2 Å². The van der Waals surface area contributed by atoms with Crippen LogP contribution in [0.3, 0.4) is 0 Å². The molecule has 0 unspecified atom stereocenters. The highest BCUT2D eigenvalue weighted by molar-refractivity contribution is 5.83. The summed E-state index contributed by atoms with van der Waals surface area (Å²) in [6.07, 6.45) is -5.41. The van der Waals surface area contributed by atoms with Crippen LogP contribution in [0.5, 0.6) is 5.75 Å². The van der Waals surface area contributed by atoms with Gasteiger partial charge in [0.05, 0.1) is 5.56 Å². The Morgan fingerprint density at radius 1 is 1.29 bits per heavy atom. The standard InChI is InChI=1S/C14H11F3O4/c1-7(18)8(2)20-9-3-4-10-11(14(15,16)17)6-13(19)21-12(10)5-9/h3-6,8H,1-2H3/t8-/m0/s1. The van der Waals surface area contributed by atoms with E-state index >= 15 is 0 Å². The van der Waals surface area contributed by atoms with Gasteiger partial charge >= 0.3 is 11.8 Å². The average Bonchev–Trinajstić information content (AvgIpc) is 2.36. The molecule has 0 bridgehead atoms. The maximum absolute atomic E-state index is 12.9. The van der Waals surface area contributed by atoms with E-state index in [1.165, 1.54) is 19.9 Å². The summed E-state index contributed by atoms with van der Waals surface area (Å²) in [4.78, 5) is 22.3. The zero-order valence-electron chi connectivity index (χ0n) is 11.2. The Morgan fingerprint density at radius 3 is 2.52 bits per heavy atom. The van der Waals surface area contributed by atoms with Crippen LogP contribution in [0.2, 0.25) is 0 Å². The van der Waals surface area contributed by atoms with Gasteiger partial charge in [0.25, 0.3) is 0 Å². The number of benzene rings is 1. The van der Waals surface area contributed by atoms with E-state index < -0.39 is 23.5 Å². The minimum absolute atomic E-state index is 0.146. The molecule has 0 fully saturated rings. The number of fused-ring (bicyclic) bond motifs is 1. The van der Waals surface area contributed by atoms with Crippen LogP contribution in [-0.2, 0) is 11.0 Å². The lowest BCUT2D eigenvalue weighted by atomic mass is 10.1. The summed E-state index contributed by atoms with van der Waals surface area (Å²) in [6.45, 7) is 2.84. The van der Waals surface area contributed by atoms with E-state index in [-0.39, 0.29) is 22.5 Å². The first-order valence-corrected chi connectivity index (χ1v) is 6.00. The van der Waals surface area contributed by atoms with Crippen LogP contribution in [-0.4, -0.2) is 11.9 Å². The number of Topliss-reactive ketones (excluding diaryl/α,β-unsaturated/α-hetero) is 1. The molecule has 0 amide bonds. The van der Waals surface area contributed by atoms with Crippen LogP contribution in [0, 0.1) is 0 Å². The number of carbonyl (C=O) groups excluding carboxylic acids is 1. The van der Waals surface area contributed by atoms with E-state index in [9.17, 15) is 22.8 Å². The summed E-state index contributed by atoms with van der Waals surface area (Å²) in [5, 5.41) is -0.245. The molecule has 4 nitrogen and oxygen atoms in total. The third-order valence-corrected chi connectivity index (χ3v) is 2.91. The number of ether oxygens (including phenoxy) is 1. The average molecular weight is 300 g/mol. The Morgan fingerprint density at radius 2 is 1.95 bits per heavy atom. The van der Waals surface area contributed by atoms with Crippen molar-refractivity contribution in [3.63, 3.8) is 0 Å². The second-order valence-corrected chi connectivity index (χ2v) is 4.51. The van der Waals surface area contributed by atoms with Crippen molar-refractivity contribution in [1.82, 2.24) is 0 Å². The van der Waals surface area contributed by atoms with Crippen molar-refractivity contribution < 1.29 is 27.1 Å². The molecule has 1 aromatic carbocycles. The molecule has 112 valence electrons. The summed E-state index contributed by atoms with van der Waals surface area (Å²) in [5.41, 5.74) is -2.42. The van der Waals surface area contributed by atoms with E-state index in [1.54, 1.807) is 0 Å². The molecule has 0 N–H and O–H groups in total. The third-order valence-electron chi connectivity index (χ3n) is 2.91. The van der Waals surface area contributed by atoms with Gasteiger partial charge in [0.2, 0.25) is 0 Å². The van der Waals surface area contributed by atoms with Gasteiger partial charge < -0.3 is 9.15 Å². The lowest BCUT2D eigenvalue weighted by Gasteiger charge is -2.13. The molecule has 1 aromatic heterocycles. The van der Waals surface area contributed by atoms with Gasteiger partial charge in [0.1, 0.15) is 11.3 Å². The maximum Gasteiger partial charge on any atom is 0.417 e. The first-order chi connectivity index (χ1) is 9.68. The monoisotopic (exact) mass is 300 g/mol. The molecular weight excluding hydrogens is 289 g/mol. The molecule has 2 aromatic rings. The molecule has 21 heavy (non-hydrogen) atoms. The molecule has 7 heteroatoms. The molecule has 2 rings (SSSR count). The Labute approximate surface area is 117 Å². The molecule has 0 saturated carbocycles.